The van der Waals surface area contributed by atoms with Crippen LogP contribution >= 0.6 is 0 Å². The number of terminal acetylenes is 1. The molecule has 94 valence electrons. The number of anilines is 1. The summed E-state index contributed by atoms with van der Waals surface area (Å²) in [6.45, 7) is 2.67. The van der Waals surface area contributed by atoms with Crippen LogP contribution in [0.5, 0.6) is 5.88 Å². The van der Waals surface area contributed by atoms with Crippen molar-refractivity contribution in [2.75, 3.05) is 25.0 Å². The first-order valence-electron chi connectivity index (χ1n) is 5.71. The molecule has 0 fully saturated rings. The van der Waals surface area contributed by atoms with Gasteiger partial charge in [-0.1, -0.05) is 5.92 Å². The van der Waals surface area contributed by atoms with Crippen molar-refractivity contribution in [3.63, 3.8) is 0 Å². The van der Waals surface area contributed by atoms with Crippen molar-refractivity contribution in [3.8, 4) is 18.2 Å². The van der Waals surface area contributed by atoms with Gasteiger partial charge in [0.05, 0.1) is 13.1 Å². The van der Waals surface area contributed by atoms with E-state index in [4.69, 9.17) is 11.2 Å². The molecule has 0 spiro atoms. The minimum atomic E-state index is -0.141. The van der Waals surface area contributed by atoms with Crippen LogP contribution in [-0.4, -0.2) is 42.2 Å². The fourth-order valence-corrected chi connectivity index (χ4v) is 1.85. The predicted molar refractivity (Wildman–Crippen MR) is 68.5 cm³/mol. The van der Waals surface area contributed by atoms with Crippen LogP contribution in [0.2, 0.25) is 0 Å². The number of carbonyl (C=O) groups excluding carboxylic acids is 1. The van der Waals surface area contributed by atoms with Gasteiger partial charge < -0.3 is 9.64 Å². The van der Waals surface area contributed by atoms with E-state index in [2.05, 4.69) is 10.9 Å². The quantitative estimate of drug-likeness (QED) is 0.702. The Morgan fingerprint density at radius 3 is 3.28 bits per heavy atom. The van der Waals surface area contributed by atoms with Crippen LogP contribution in [0.3, 0.4) is 0 Å². The predicted octanol–water partition coefficient (Wildman–Crippen LogP) is 1.35. The van der Waals surface area contributed by atoms with Crippen molar-refractivity contribution >= 4 is 11.7 Å². The van der Waals surface area contributed by atoms with E-state index in [1.165, 1.54) is 4.90 Å². The second kappa shape index (κ2) is 4.96. The standard InChI is InChI=1S/C13H15N3O2/c1-4-8-15(3)13(17)16-9-10(2)18-12-11(16)6-5-7-14-12/h1,5-7,10H,8-9H2,2-3H3. The Balaban J connectivity index is 2.29. The fourth-order valence-electron chi connectivity index (χ4n) is 1.85. The van der Waals surface area contributed by atoms with Gasteiger partial charge in [-0.25, -0.2) is 9.78 Å². The summed E-state index contributed by atoms with van der Waals surface area (Å²) >= 11 is 0. The van der Waals surface area contributed by atoms with Crippen LogP contribution in [0, 0.1) is 12.3 Å². The number of hydrogen-bond donors (Lipinski definition) is 0. The van der Waals surface area contributed by atoms with Crippen LogP contribution in [0.1, 0.15) is 6.92 Å². The molecular formula is C13H15N3O2. The summed E-state index contributed by atoms with van der Waals surface area (Å²) < 4.78 is 5.59. The molecule has 2 rings (SSSR count). The summed E-state index contributed by atoms with van der Waals surface area (Å²) in [5.74, 6) is 2.94. The van der Waals surface area contributed by atoms with E-state index in [1.807, 2.05) is 13.0 Å². The number of carbonyl (C=O) groups is 1. The molecule has 18 heavy (non-hydrogen) atoms. The van der Waals surface area contributed by atoms with Crippen molar-refractivity contribution in [1.82, 2.24) is 9.88 Å². The van der Waals surface area contributed by atoms with E-state index in [1.54, 1.807) is 24.2 Å². The summed E-state index contributed by atoms with van der Waals surface area (Å²) in [7, 11) is 1.68. The summed E-state index contributed by atoms with van der Waals surface area (Å²) in [5.41, 5.74) is 0.685. The third-order valence-corrected chi connectivity index (χ3v) is 2.68. The van der Waals surface area contributed by atoms with Gasteiger partial charge in [0.2, 0.25) is 5.88 Å². The highest BCUT2D eigenvalue weighted by atomic mass is 16.5. The monoisotopic (exact) mass is 245 g/mol. The molecule has 0 aromatic carbocycles. The molecule has 2 amide bonds. The van der Waals surface area contributed by atoms with Crippen LogP contribution in [0.15, 0.2) is 18.3 Å². The first-order chi connectivity index (χ1) is 8.63. The molecule has 1 aromatic heterocycles. The first kappa shape index (κ1) is 12.2. The number of aromatic nitrogens is 1. The van der Waals surface area contributed by atoms with E-state index < -0.39 is 0 Å². The molecule has 5 heteroatoms. The highest BCUT2D eigenvalue weighted by Gasteiger charge is 2.29. The Bertz CT molecular complexity index is 495. The van der Waals surface area contributed by atoms with Crippen LogP contribution in [-0.2, 0) is 0 Å². The van der Waals surface area contributed by atoms with Gasteiger partial charge in [-0.15, -0.1) is 6.42 Å². The lowest BCUT2D eigenvalue weighted by atomic mass is 10.2. The second-order valence-electron chi connectivity index (χ2n) is 4.21. The van der Waals surface area contributed by atoms with Crippen LogP contribution in [0.4, 0.5) is 10.5 Å². The topological polar surface area (TPSA) is 45.7 Å². The third kappa shape index (κ3) is 2.23. The summed E-state index contributed by atoms with van der Waals surface area (Å²) in [5, 5.41) is 0. The largest absolute Gasteiger partial charge is 0.471 e. The number of pyridine rings is 1. The zero-order valence-corrected chi connectivity index (χ0v) is 10.5. The molecular weight excluding hydrogens is 230 g/mol. The van der Waals surface area contributed by atoms with Gasteiger partial charge in [-0.3, -0.25) is 4.90 Å². The lowest BCUT2D eigenvalue weighted by molar-refractivity contribution is 0.188. The van der Waals surface area contributed by atoms with Crippen molar-refractivity contribution in [1.29, 1.82) is 0 Å². The Kier molecular flexibility index (Phi) is 3.38. The minimum Gasteiger partial charge on any atom is -0.471 e. The van der Waals surface area contributed by atoms with Crippen molar-refractivity contribution < 1.29 is 9.53 Å². The van der Waals surface area contributed by atoms with Crippen molar-refractivity contribution in [2.45, 2.75) is 13.0 Å². The number of nitrogens with zero attached hydrogens (tertiary/aromatic N) is 3. The Hall–Kier alpha value is -2.22. The van der Waals surface area contributed by atoms with Gasteiger partial charge in [0.25, 0.3) is 0 Å². The van der Waals surface area contributed by atoms with Gasteiger partial charge in [0, 0.05) is 13.2 Å². The zero-order chi connectivity index (χ0) is 13.1. The lowest BCUT2D eigenvalue weighted by Crippen LogP contribution is -2.48. The molecule has 2 heterocycles. The number of hydrogen-bond acceptors (Lipinski definition) is 3. The number of rotatable bonds is 1. The molecule has 5 nitrogen and oxygen atoms in total. The maximum absolute atomic E-state index is 12.3. The summed E-state index contributed by atoms with van der Waals surface area (Å²) in [4.78, 5) is 19.5. The number of amides is 2. The fraction of sp³-hybridized carbons (Fsp3) is 0.385. The van der Waals surface area contributed by atoms with Crippen LogP contribution < -0.4 is 9.64 Å². The summed E-state index contributed by atoms with van der Waals surface area (Å²) in [6.07, 6.45) is 6.78. The molecule has 1 aliphatic heterocycles. The van der Waals surface area contributed by atoms with E-state index in [0.29, 0.717) is 18.1 Å². The van der Waals surface area contributed by atoms with Gasteiger partial charge in [-0.2, -0.15) is 0 Å². The number of fused-ring (bicyclic) bond motifs is 1. The molecule has 0 radical (unpaired) electrons. The Morgan fingerprint density at radius 1 is 1.78 bits per heavy atom. The second-order valence-corrected chi connectivity index (χ2v) is 4.21. The molecule has 1 aliphatic rings. The lowest BCUT2D eigenvalue weighted by Gasteiger charge is -2.34. The van der Waals surface area contributed by atoms with Gasteiger partial charge in [0.1, 0.15) is 11.8 Å². The van der Waals surface area contributed by atoms with E-state index in [-0.39, 0.29) is 18.7 Å². The maximum atomic E-state index is 12.3. The molecule has 0 N–H and O–H groups in total. The molecule has 0 aliphatic carbocycles. The highest BCUT2D eigenvalue weighted by molar-refractivity contribution is 5.93. The van der Waals surface area contributed by atoms with Gasteiger partial charge in [-0.05, 0) is 19.1 Å². The van der Waals surface area contributed by atoms with Gasteiger partial charge in [0.15, 0.2) is 0 Å². The van der Waals surface area contributed by atoms with Gasteiger partial charge >= 0.3 is 6.03 Å². The van der Waals surface area contributed by atoms with Crippen molar-refractivity contribution in [2.24, 2.45) is 0 Å². The number of urea groups is 1. The summed E-state index contributed by atoms with van der Waals surface area (Å²) in [6, 6.07) is 3.45. The Labute approximate surface area is 106 Å². The maximum Gasteiger partial charge on any atom is 0.325 e. The van der Waals surface area contributed by atoms with Crippen molar-refractivity contribution in [3.05, 3.63) is 18.3 Å². The van der Waals surface area contributed by atoms with Crippen LogP contribution in [0.25, 0.3) is 0 Å². The average Bonchev–Trinajstić information content (AvgIpc) is 2.37. The van der Waals surface area contributed by atoms with E-state index in [9.17, 15) is 4.79 Å². The molecule has 0 bridgehead atoms. The minimum absolute atomic E-state index is 0.0874. The van der Waals surface area contributed by atoms with E-state index >= 15 is 0 Å². The average molecular weight is 245 g/mol. The zero-order valence-electron chi connectivity index (χ0n) is 10.5. The molecule has 0 saturated heterocycles. The smallest absolute Gasteiger partial charge is 0.325 e. The third-order valence-electron chi connectivity index (χ3n) is 2.68. The molecule has 1 aromatic rings. The first-order valence-corrected chi connectivity index (χ1v) is 5.71. The highest BCUT2D eigenvalue weighted by Crippen LogP contribution is 2.31. The van der Waals surface area contributed by atoms with E-state index in [0.717, 1.165) is 0 Å². The number of ether oxygens (including phenoxy) is 1. The Morgan fingerprint density at radius 2 is 2.56 bits per heavy atom. The molecule has 1 unspecified atom stereocenters. The molecule has 1 atom stereocenters. The molecule has 0 saturated carbocycles. The SMILES string of the molecule is C#CCN(C)C(=O)N1CC(C)Oc2ncccc21. The normalized spacial score (nSPS) is 17.4.